The number of sulfonamides is 2. The fourth-order valence-electron chi connectivity index (χ4n) is 6.85. The number of nitriles is 1. The highest BCUT2D eigenvalue weighted by Gasteiger charge is 2.34. The Balaban J connectivity index is 0.000000191. The molecule has 0 radical (unpaired) electrons. The number of methoxy groups -OCH3 is 1. The van der Waals surface area contributed by atoms with Gasteiger partial charge in [0.25, 0.3) is 20.0 Å². The monoisotopic (exact) mass is 1020 g/mol. The fraction of sp³-hybridized carbons (Fsp3) is 0.250. The molecule has 3 N–H and O–H groups in total. The maximum Gasteiger partial charge on any atom is 0.287 e. The molecule has 12 nitrogen and oxygen atoms in total. The summed E-state index contributed by atoms with van der Waals surface area (Å²) < 4.78 is 73.4. The minimum atomic E-state index is -4.03. The number of nitrogens with one attached hydrogen (secondary N) is 3. The van der Waals surface area contributed by atoms with Gasteiger partial charge in [-0.2, -0.15) is 17.5 Å². The normalized spacial score (nSPS) is 18.4. The number of halogens is 4. The van der Waals surface area contributed by atoms with Gasteiger partial charge in [0.15, 0.2) is 4.21 Å². The summed E-state index contributed by atoms with van der Waals surface area (Å²) >= 11 is 27.4. The Bertz CT molecular complexity index is 2930. The van der Waals surface area contributed by atoms with Crippen molar-refractivity contribution in [1.82, 2.24) is 10.6 Å². The Hall–Kier alpha value is -4.25. The van der Waals surface area contributed by atoms with Crippen LogP contribution in [0.3, 0.4) is 0 Å². The summed E-state index contributed by atoms with van der Waals surface area (Å²) in [5, 5.41) is 16.5. The number of anilines is 2. The van der Waals surface area contributed by atoms with Gasteiger partial charge in [-0.3, -0.25) is 4.72 Å². The van der Waals surface area contributed by atoms with E-state index in [4.69, 9.17) is 66.1 Å². The van der Waals surface area contributed by atoms with Crippen LogP contribution in [0.25, 0.3) is 20.9 Å². The fourth-order valence-corrected chi connectivity index (χ4v) is 13.1. The molecule has 20 heteroatoms. The number of nitrogens with zero attached hydrogens (tertiary/aromatic N) is 2. The first kappa shape index (κ1) is 47.7. The van der Waals surface area contributed by atoms with Crippen molar-refractivity contribution in [3.63, 3.8) is 0 Å². The molecule has 336 valence electrons. The van der Waals surface area contributed by atoms with Crippen LogP contribution in [0.2, 0.25) is 15.1 Å². The second-order valence-corrected chi connectivity index (χ2v) is 23.1. The van der Waals surface area contributed by atoms with E-state index in [1.54, 1.807) is 61.7 Å². The molecule has 2 aliphatic heterocycles. The molecule has 0 aliphatic carbocycles. The minimum absolute atomic E-state index is 0.0290. The molecule has 0 bridgehead atoms. The number of hydrogen-bond donors (Lipinski definition) is 3. The SMILES string of the molecule is COc1cccc(-c2cc(Cl)c(S(=O)(=O)Nc3ccc(Cl)c(O[C@]4(C)CCNC4)c3)s2)c1.C[C@@]1(Oc2cc(N(Cl)S(=O)(=O)c3ccc(-c4cccc(C#N)c4)s3)ccc2Cl)CCNC1. The van der Waals surface area contributed by atoms with E-state index in [1.807, 2.05) is 44.2 Å². The molecule has 2 aromatic heterocycles. The van der Waals surface area contributed by atoms with Crippen LogP contribution in [0.1, 0.15) is 32.3 Å². The van der Waals surface area contributed by atoms with Crippen LogP contribution in [0.15, 0.2) is 112 Å². The van der Waals surface area contributed by atoms with Crippen LogP contribution < -0.4 is 33.4 Å². The highest BCUT2D eigenvalue weighted by atomic mass is 35.5. The summed E-state index contributed by atoms with van der Waals surface area (Å²) in [4.78, 5) is 1.43. The summed E-state index contributed by atoms with van der Waals surface area (Å²) in [5.41, 5.74) is 1.81. The van der Waals surface area contributed by atoms with E-state index < -0.39 is 31.2 Å². The third-order valence-electron chi connectivity index (χ3n) is 10.2. The van der Waals surface area contributed by atoms with Gasteiger partial charge in [0, 0.05) is 59.6 Å². The minimum Gasteiger partial charge on any atom is -0.497 e. The lowest BCUT2D eigenvalue weighted by atomic mass is 10.1. The molecule has 0 unspecified atom stereocenters. The summed E-state index contributed by atoms with van der Waals surface area (Å²) in [6.07, 6.45) is 1.64. The predicted molar refractivity (Wildman–Crippen MR) is 258 cm³/mol. The third-order valence-corrected chi connectivity index (χ3v) is 18.3. The number of rotatable bonds is 13. The third kappa shape index (κ3) is 11.0. The van der Waals surface area contributed by atoms with Gasteiger partial charge in [0.05, 0.1) is 45.2 Å². The van der Waals surface area contributed by atoms with Gasteiger partial charge in [0.1, 0.15) is 32.7 Å². The second kappa shape index (κ2) is 19.7. The van der Waals surface area contributed by atoms with E-state index in [-0.39, 0.29) is 19.1 Å². The van der Waals surface area contributed by atoms with Gasteiger partial charge >= 0.3 is 0 Å². The van der Waals surface area contributed by atoms with Crippen LogP contribution in [0.5, 0.6) is 17.2 Å². The first-order chi connectivity index (χ1) is 30.4. The van der Waals surface area contributed by atoms with Crippen LogP contribution in [-0.4, -0.2) is 61.3 Å². The maximum absolute atomic E-state index is 13.2. The molecule has 0 amide bonds. The average molecular weight is 1020 g/mol. The summed E-state index contributed by atoms with van der Waals surface area (Å²) in [6.45, 7) is 7.01. The lowest BCUT2D eigenvalue weighted by Gasteiger charge is -2.26. The van der Waals surface area contributed by atoms with Gasteiger partial charge in [-0.1, -0.05) is 59.1 Å². The summed E-state index contributed by atoms with van der Waals surface area (Å²) in [7, 11) is -6.37. The van der Waals surface area contributed by atoms with E-state index in [1.165, 1.54) is 18.2 Å². The Morgan fingerprint density at radius 1 is 0.734 bits per heavy atom. The zero-order valence-electron chi connectivity index (χ0n) is 34.5. The molecule has 2 aliphatic rings. The Morgan fingerprint density at radius 3 is 1.98 bits per heavy atom. The standard InChI is InChI=1S/C22H19Cl2N3O3S2.C22H22Cl2N2O4S2/c1-22(9-10-26-14-22)30-19-12-17(5-6-18(19)23)27(24)32(28,29)21-8-7-20(31-21)16-4-2-3-15(11-16)13-25;1-22(8-9-25-13-22)30-19-11-15(6-7-17(19)23)26-32(27,28)21-18(24)12-20(31-21)14-4-3-5-16(10-14)29-2/h2-8,11-12,26H,9-10,14H2,1H3;3-7,10-12,25-26H,8-9,13H2,1-2H3/t2*22-/m11/s1. The van der Waals surface area contributed by atoms with Crippen LogP contribution in [-0.2, 0) is 20.0 Å². The molecule has 2 saturated heterocycles. The van der Waals surface area contributed by atoms with E-state index in [0.717, 1.165) is 64.6 Å². The van der Waals surface area contributed by atoms with E-state index in [2.05, 4.69) is 21.4 Å². The molecule has 4 heterocycles. The van der Waals surface area contributed by atoms with Gasteiger partial charge in [-0.25, -0.2) is 8.42 Å². The van der Waals surface area contributed by atoms with Crippen LogP contribution in [0.4, 0.5) is 11.4 Å². The molecule has 8 rings (SSSR count). The highest BCUT2D eigenvalue weighted by molar-refractivity contribution is 7.96. The predicted octanol–water partition coefficient (Wildman–Crippen LogP) is 11.1. The smallest absolute Gasteiger partial charge is 0.287 e. The molecule has 6 aromatic rings. The zero-order chi connectivity index (χ0) is 45.9. The number of thiophene rings is 2. The molecule has 0 spiro atoms. The largest absolute Gasteiger partial charge is 0.497 e. The van der Waals surface area contributed by atoms with Gasteiger partial charge < -0.3 is 24.8 Å². The van der Waals surface area contributed by atoms with E-state index in [0.29, 0.717) is 60.3 Å². The van der Waals surface area contributed by atoms with Crippen LogP contribution >= 0.6 is 69.3 Å². The molecular weight excluding hydrogens is 981 g/mol. The lowest BCUT2D eigenvalue weighted by molar-refractivity contribution is 0.111. The molecule has 2 atom stereocenters. The molecule has 2 fully saturated rings. The number of hydrogen-bond acceptors (Lipinski definition) is 12. The Labute approximate surface area is 400 Å². The van der Waals surface area contributed by atoms with Gasteiger partial charge in [-0.15, -0.1) is 22.7 Å². The quantitative estimate of drug-likeness (QED) is 0.0951. The average Bonchev–Trinajstić information content (AvgIpc) is 4.11. The number of benzene rings is 4. The topological polar surface area (TPSA) is 159 Å². The molecule has 64 heavy (non-hydrogen) atoms. The first-order valence-corrected chi connectivity index (χ1v) is 25.6. The van der Waals surface area contributed by atoms with E-state index >= 15 is 0 Å². The summed E-state index contributed by atoms with van der Waals surface area (Å²) in [6, 6.07) is 30.7. The highest BCUT2D eigenvalue weighted by Crippen LogP contribution is 2.41. The van der Waals surface area contributed by atoms with Crippen LogP contribution in [0, 0.1) is 11.3 Å². The van der Waals surface area contributed by atoms with Crippen molar-refractivity contribution in [3.05, 3.63) is 124 Å². The zero-order valence-corrected chi connectivity index (χ0v) is 40.7. The van der Waals surface area contributed by atoms with Crippen molar-refractivity contribution >= 4 is 101 Å². The molecular formula is C44H41Cl4N5O7S4. The first-order valence-electron chi connectivity index (χ1n) is 19.6. The Morgan fingerprint density at radius 2 is 1.36 bits per heavy atom. The van der Waals surface area contributed by atoms with Crippen molar-refractivity contribution in [2.24, 2.45) is 0 Å². The maximum atomic E-state index is 13.2. The van der Waals surface area contributed by atoms with Crippen molar-refractivity contribution in [1.29, 1.82) is 5.26 Å². The van der Waals surface area contributed by atoms with Crippen molar-refractivity contribution < 1.29 is 31.0 Å². The molecule has 0 saturated carbocycles. The van der Waals surface area contributed by atoms with Gasteiger partial charge in [-0.05, 0) is 105 Å². The lowest BCUT2D eigenvalue weighted by Crippen LogP contribution is -2.34. The van der Waals surface area contributed by atoms with Crippen molar-refractivity contribution in [3.8, 4) is 44.2 Å². The van der Waals surface area contributed by atoms with Crippen molar-refractivity contribution in [2.45, 2.75) is 46.3 Å². The Kier molecular flexibility index (Phi) is 14.7. The molecule has 4 aromatic carbocycles. The van der Waals surface area contributed by atoms with Gasteiger partial charge in [0.2, 0.25) is 0 Å². The number of ether oxygens (including phenoxy) is 3. The van der Waals surface area contributed by atoms with E-state index in [9.17, 15) is 16.8 Å². The summed E-state index contributed by atoms with van der Waals surface area (Å²) in [5.74, 6) is 1.47. The van der Waals surface area contributed by atoms with Crippen molar-refractivity contribution in [2.75, 3.05) is 41.8 Å². The second-order valence-electron chi connectivity index (χ2n) is 15.3.